The van der Waals surface area contributed by atoms with Gasteiger partial charge in [0.15, 0.2) is 0 Å². The summed E-state index contributed by atoms with van der Waals surface area (Å²) in [6.07, 6.45) is 1.26. The second-order valence-electron chi connectivity index (χ2n) is 4.60. The van der Waals surface area contributed by atoms with E-state index < -0.39 is 5.97 Å². The number of para-hydroxylation sites is 1. The van der Waals surface area contributed by atoms with Crippen LogP contribution in [0.2, 0.25) is 0 Å². The number of carboxylic acids is 1. The van der Waals surface area contributed by atoms with Crippen molar-refractivity contribution in [3.8, 4) is 0 Å². The Hall–Kier alpha value is -1.55. The van der Waals surface area contributed by atoms with Crippen molar-refractivity contribution in [3.63, 3.8) is 0 Å². The Labute approximate surface area is 107 Å². The van der Waals surface area contributed by atoms with Gasteiger partial charge in [-0.05, 0) is 25.5 Å². The molecule has 0 saturated carbocycles. The van der Waals surface area contributed by atoms with Gasteiger partial charge >= 0.3 is 5.97 Å². The molecule has 4 heteroatoms. The molecule has 1 heterocycles. The van der Waals surface area contributed by atoms with E-state index in [9.17, 15) is 4.79 Å². The van der Waals surface area contributed by atoms with Gasteiger partial charge in [-0.25, -0.2) is 0 Å². The third kappa shape index (κ3) is 3.01. The molecule has 0 aliphatic carbocycles. The molecule has 0 aromatic heterocycles. The average Bonchev–Trinajstić information content (AvgIpc) is 2.77. The Bertz CT molecular complexity index is 393. The molecule has 18 heavy (non-hydrogen) atoms. The molecule has 0 bridgehead atoms. The molecule has 1 saturated heterocycles. The number of nitrogens with zero attached hydrogens (tertiary/aromatic N) is 1. The van der Waals surface area contributed by atoms with E-state index in [2.05, 4.69) is 4.90 Å². The second-order valence-corrected chi connectivity index (χ2v) is 4.60. The summed E-state index contributed by atoms with van der Waals surface area (Å²) in [4.78, 5) is 12.9. The van der Waals surface area contributed by atoms with Crippen molar-refractivity contribution in [2.75, 3.05) is 18.1 Å². The summed E-state index contributed by atoms with van der Waals surface area (Å²) in [5.74, 6) is -0.762. The predicted octanol–water partition coefficient (Wildman–Crippen LogP) is 2.15. The fraction of sp³-hybridized carbons (Fsp3) is 0.500. The summed E-state index contributed by atoms with van der Waals surface area (Å²) in [6, 6.07) is 10.2. The van der Waals surface area contributed by atoms with Crippen LogP contribution in [0.5, 0.6) is 0 Å². The van der Waals surface area contributed by atoms with Gasteiger partial charge in [-0.3, -0.25) is 4.79 Å². The standard InChI is InChI=1S/C14H19NO3/c1-11-13(8-10-18-11)15(9-7-14(16)17)12-5-3-2-4-6-12/h2-6,11,13H,7-10H2,1H3,(H,16,17). The highest BCUT2D eigenvalue weighted by Crippen LogP contribution is 2.25. The smallest absolute Gasteiger partial charge is 0.305 e. The van der Waals surface area contributed by atoms with Crippen LogP contribution in [0.4, 0.5) is 5.69 Å². The van der Waals surface area contributed by atoms with Gasteiger partial charge in [0, 0.05) is 18.8 Å². The van der Waals surface area contributed by atoms with Crippen LogP contribution in [0.1, 0.15) is 19.8 Å². The molecule has 98 valence electrons. The number of hydrogen-bond donors (Lipinski definition) is 1. The van der Waals surface area contributed by atoms with E-state index in [0.29, 0.717) is 6.54 Å². The molecule has 1 aliphatic rings. The molecule has 1 N–H and O–H groups in total. The van der Waals surface area contributed by atoms with Gasteiger partial charge in [-0.1, -0.05) is 18.2 Å². The largest absolute Gasteiger partial charge is 0.481 e. The zero-order valence-corrected chi connectivity index (χ0v) is 10.6. The van der Waals surface area contributed by atoms with Crippen LogP contribution in [-0.4, -0.2) is 36.4 Å². The molecule has 2 atom stereocenters. The lowest BCUT2D eigenvalue weighted by Crippen LogP contribution is -2.41. The van der Waals surface area contributed by atoms with Gasteiger partial charge in [-0.15, -0.1) is 0 Å². The highest BCUT2D eigenvalue weighted by Gasteiger charge is 2.30. The molecule has 0 radical (unpaired) electrons. The Morgan fingerprint density at radius 3 is 2.72 bits per heavy atom. The average molecular weight is 249 g/mol. The summed E-state index contributed by atoms with van der Waals surface area (Å²) in [5, 5.41) is 8.86. The topological polar surface area (TPSA) is 49.8 Å². The molecule has 1 fully saturated rings. The summed E-state index contributed by atoms with van der Waals surface area (Å²) < 4.78 is 5.59. The molecule has 4 nitrogen and oxygen atoms in total. The number of rotatable bonds is 5. The molecule has 2 rings (SSSR count). The van der Waals surface area contributed by atoms with Crippen molar-refractivity contribution in [1.29, 1.82) is 0 Å². The first-order chi connectivity index (χ1) is 8.68. The third-order valence-electron chi connectivity index (χ3n) is 3.39. The Kier molecular flexibility index (Phi) is 4.20. The molecule has 0 amide bonds. The maximum atomic E-state index is 10.8. The molecule has 1 aromatic carbocycles. The van der Waals surface area contributed by atoms with E-state index in [1.807, 2.05) is 37.3 Å². The lowest BCUT2D eigenvalue weighted by molar-refractivity contribution is -0.136. The van der Waals surface area contributed by atoms with Crippen LogP contribution in [0.3, 0.4) is 0 Å². The SMILES string of the molecule is CC1OCCC1N(CCC(=O)O)c1ccccc1. The fourth-order valence-electron chi connectivity index (χ4n) is 2.45. The predicted molar refractivity (Wildman–Crippen MR) is 69.9 cm³/mol. The van der Waals surface area contributed by atoms with Crippen LogP contribution in [0.25, 0.3) is 0 Å². The highest BCUT2D eigenvalue weighted by molar-refractivity contribution is 5.67. The first-order valence-electron chi connectivity index (χ1n) is 6.33. The van der Waals surface area contributed by atoms with Gasteiger partial charge in [0.25, 0.3) is 0 Å². The molecular formula is C14H19NO3. The lowest BCUT2D eigenvalue weighted by Gasteiger charge is -2.32. The Morgan fingerprint density at radius 1 is 1.44 bits per heavy atom. The van der Waals surface area contributed by atoms with Crippen molar-refractivity contribution >= 4 is 11.7 Å². The van der Waals surface area contributed by atoms with Crippen LogP contribution in [-0.2, 0) is 9.53 Å². The highest BCUT2D eigenvalue weighted by atomic mass is 16.5. The number of aliphatic carboxylic acids is 1. The van der Waals surface area contributed by atoms with E-state index in [1.54, 1.807) is 0 Å². The van der Waals surface area contributed by atoms with Gasteiger partial charge in [0.1, 0.15) is 0 Å². The number of carboxylic acid groups (broad SMARTS) is 1. The normalized spacial score (nSPS) is 22.9. The number of ether oxygens (including phenoxy) is 1. The lowest BCUT2D eigenvalue weighted by atomic mass is 10.1. The van der Waals surface area contributed by atoms with E-state index in [1.165, 1.54) is 0 Å². The zero-order valence-electron chi connectivity index (χ0n) is 10.6. The molecular weight excluding hydrogens is 230 g/mol. The van der Waals surface area contributed by atoms with Crippen LogP contribution in [0.15, 0.2) is 30.3 Å². The van der Waals surface area contributed by atoms with Crippen molar-refractivity contribution in [3.05, 3.63) is 30.3 Å². The Morgan fingerprint density at radius 2 is 2.17 bits per heavy atom. The van der Waals surface area contributed by atoms with Gasteiger partial charge in [-0.2, -0.15) is 0 Å². The van der Waals surface area contributed by atoms with E-state index >= 15 is 0 Å². The maximum Gasteiger partial charge on any atom is 0.305 e. The van der Waals surface area contributed by atoms with Crippen molar-refractivity contribution in [2.45, 2.75) is 31.9 Å². The maximum absolute atomic E-state index is 10.8. The summed E-state index contributed by atoms with van der Waals surface area (Å²) >= 11 is 0. The molecule has 1 aromatic rings. The summed E-state index contributed by atoms with van der Waals surface area (Å²) in [7, 11) is 0. The van der Waals surface area contributed by atoms with Gasteiger partial charge in [0.2, 0.25) is 0 Å². The number of hydrogen-bond acceptors (Lipinski definition) is 3. The quantitative estimate of drug-likeness (QED) is 0.868. The number of anilines is 1. The monoisotopic (exact) mass is 249 g/mol. The molecule has 0 spiro atoms. The Balaban J connectivity index is 2.14. The van der Waals surface area contributed by atoms with Crippen molar-refractivity contribution < 1.29 is 14.6 Å². The first kappa shape index (κ1) is 12.9. The zero-order chi connectivity index (χ0) is 13.0. The fourth-order valence-corrected chi connectivity index (χ4v) is 2.45. The number of carbonyl (C=O) groups is 1. The van der Waals surface area contributed by atoms with E-state index in [4.69, 9.17) is 9.84 Å². The van der Waals surface area contributed by atoms with Crippen molar-refractivity contribution in [2.24, 2.45) is 0 Å². The van der Waals surface area contributed by atoms with E-state index in [0.717, 1.165) is 18.7 Å². The minimum absolute atomic E-state index is 0.151. The van der Waals surface area contributed by atoms with E-state index in [-0.39, 0.29) is 18.6 Å². The second kappa shape index (κ2) is 5.87. The van der Waals surface area contributed by atoms with Crippen LogP contribution >= 0.6 is 0 Å². The summed E-state index contributed by atoms with van der Waals surface area (Å²) in [6.45, 7) is 3.33. The minimum Gasteiger partial charge on any atom is -0.481 e. The van der Waals surface area contributed by atoms with Crippen molar-refractivity contribution in [1.82, 2.24) is 0 Å². The third-order valence-corrected chi connectivity index (χ3v) is 3.39. The molecule has 2 unspecified atom stereocenters. The van der Waals surface area contributed by atoms with Crippen LogP contribution < -0.4 is 4.90 Å². The van der Waals surface area contributed by atoms with Gasteiger partial charge in [0.05, 0.1) is 18.6 Å². The van der Waals surface area contributed by atoms with Gasteiger partial charge < -0.3 is 14.7 Å². The number of benzene rings is 1. The van der Waals surface area contributed by atoms with Crippen LogP contribution in [0, 0.1) is 0 Å². The first-order valence-corrected chi connectivity index (χ1v) is 6.33. The minimum atomic E-state index is -0.762. The molecule has 1 aliphatic heterocycles. The summed E-state index contributed by atoms with van der Waals surface area (Å²) in [5.41, 5.74) is 1.07.